The van der Waals surface area contributed by atoms with Gasteiger partial charge in [0.2, 0.25) is 0 Å². The third-order valence-corrected chi connectivity index (χ3v) is 2.88. The summed E-state index contributed by atoms with van der Waals surface area (Å²) in [7, 11) is 0. The van der Waals surface area contributed by atoms with Gasteiger partial charge in [0.05, 0.1) is 0 Å². The van der Waals surface area contributed by atoms with Crippen LogP contribution in [0.4, 0.5) is 11.6 Å². The molecule has 4 nitrogen and oxygen atoms in total. The number of anilines is 2. The fourth-order valence-electron chi connectivity index (χ4n) is 2.08. The molecule has 1 N–H and O–H groups in total. The number of rotatable bonds is 8. The molecule has 0 aliphatic heterocycles. The third kappa shape index (κ3) is 5.05. The summed E-state index contributed by atoms with van der Waals surface area (Å²) in [6, 6.07) is 2.06. The molecule has 0 atom stereocenters. The monoisotopic (exact) mass is 264 g/mol. The SMILES string of the molecule is CCCc1nc(NCC)cc(N(CC)CC(C)C)n1. The molecule has 1 aromatic heterocycles. The Morgan fingerprint density at radius 3 is 2.47 bits per heavy atom. The van der Waals surface area contributed by atoms with E-state index >= 15 is 0 Å². The summed E-state index contributed by atoms with van der Waals surface area (Å²) in [5, 5.41) is 3.30. The van der Waals surface area contributed by atoms with Crippen molar-refractivity contribution in [1.82, 2.24) is 9.97 Å². The zero-order valence-corrected chi connectivity index (χ0v) is 13.0. The summed E-state index contributed by atoms with van der Waals surface area (Å²) >= 11 is 0. The second-order valence-corrected chi connectivity index (χ2v) is 5.24. The number of nitrogens with one attached hydrogen (secondary N) is 1. The summed E-state index contributed by atoms with van der Waals surface area (Å²) in [6.07, 6.45) is 2.01. The zero-order chi connectivity index (χ0) is 14.3. The average Bonchev–Trinajstić information content (AvgIpc) is 2.36. The van der Waals surface area contributed by atoms with Crippen molar-refractivity contribution in [2.75, 3.05) is 29.9 Å². The minimum absolute atomic E-state index is 0.632. The van der Waals surface area contributed by atoms with Gasteiger partial charge in [-0.05, 0) is 26.2 Å². The largest absolute Gasteiger partial charge is 0.370 e. The molecule has 0 unspecified atom stereocenters. The van der Waals surface area contributed by atoms with Crippen molar-refractivity contribution in [3.8, 4) is 0 Å². The van der Waals surface area contributed by atoms with E-state index in [0.717, 1.165) is 49.9 Å². The second-order valence-electron chi connectivity index (χ2n) is 5.24. The Balaban J connectivity index is 3.01. The lowest BCUT2D eigenvalue weighted by Crippen LogP contribution is -2.28. The van der Waals surface area contributed by atoms with Crippen molar-refractivity contribution in [1.29, 1.82) is 0 Å². The Labute approximate surface area is 117 Å². The molecule has 0 aromatic carbocycles. The molecule has 19 heavy (non-hydrogen) atoms. The molecule has 0 fully saturated rings. The van der Waals surface area contributed by atoms with Gasteiger partial charge in [0.1, 0.15) is 17.5 Å². The third-order valence-electron chi connectivity index (χ3n) is 2.88. The van der Waals surface area contributed by atoms with Gasteiger partial charge < -0.3 is 10.2 Å². The highest BCUT2D eigenvalue weighted by Crippen LogP contribution is 2.18. The van der Waals surface area contributed by atoms with Crippen LogP contribution in [0.1, 0.15) is 46.9 Å². The van der Waals surface area contributed by atoms with E-state index in [4.69, 9.17) is 4.98 Å². The van der Waals surface area contributed by atoms with E-state index in [-0.39, 0.29) is 0 Å². The van der Waals surface area contributed by atoms with E-state index in [1.54, 1.807) is 0 Å². The van der Waals surface area contributed by atoms with Gasteiger partial charge in [0.25, 0.3) is 0 Å². The number of aromatic nitrogens is 2. The Kier molecular flexibility index (Phi) is 6.60. The molecule has 0 saturated carbocycles. The molecule has 0 amide bonds. The van der Waals surface area contributed by atoms with Crippen molar-refractivity contribution in [2.24, 2.45) is 5.92 Å². The van der Waals surface area contributed by atoms with Gasteiger partial charge in [0.15, 0.2) is 0 Å². The zero-order valence-electron chi connectivity index (χ0n) is 13.0. The van der Waals surface area contributed by atoms with Crippen LogP contribution in [0.5, 0.6) is 0 Å². The highest BCUT2D eigenvalue weighted by atomic mass is 15.2. The van der Waals surface area contributed by atoms with Gasteiger partial charge in [-0.1, -0.05) is 20.8 Å². The van der Waals surface area contributed by atoms with Crippen molar-refractivity contribution in [3.05, 3.63) is 11.9 Å². The Morgan fingerprint density at radius 1 is 1.21 bits per heavy atom. The Morgan fingerprint density at radius 2 is 1.95 bits per heavy atom. The van der Waals surface area contributed by atoms with Crippen LogP contribution in [0.3, 0.4) is 0 Å². The van der Waals surface area contributed by atoms with E-state index < -0.39 is 0 Å². The molecule has 0 aliphatic rings. The van der Waals surface area contributed by atoms with E-state index in [1.165, 1.54) is 0 Å². The maximum atomic E-state index is 4.70. The number of aryl methyl sites for hydroxylation is 1. The van der Waals surface area contributed by atoms with Crippen LogP contribution in [0.15, 0.2) is 6.07 Å². The molecule has 1 rings (SSSR count). The van der Waals surface area contributed by atoms with E-state index in [1.807, 2.05) is 0 Å². The van der Waals surface area contributed by atoms with Crippen LogP contribution in [0.2, 0.25) is 0 Å². The molecule has 0 spiro atoms. The van der Waals surface area contributed by atoms with Crippen LogP contribution in [-0.4, -0.2) is 29.6 Å². The molecular formula is C15H28N4. The number of hydrogen-bond acceptors (Lipinski definition) is 4. The first-order valence-electron chi connectivity index (χ1n) is 7.47. The predicted molar refractivity (Wildman–Crippen MR) is 82.9 cm³/mol. The summed E-state index contributed by atoms with van der Waals surface area (Å²) < 4.78 is 0. The minimum atomic E-state index is 0.632. The second kappa shape index (κ2) is 7.97. The van der Waals surface area contributed by atoms with Crippen molar-refractivity contribution < 1.29 is 0 Å². The Hall–Kier alpha value is -1.32. The van der Waals surface area contributed by atoms with Crippen LogP contribution in [-0.2, 0) is 6.42 Å². The van der Waals surface area contributed by atoms with Crippen molar-refractivity contribution in [3.63, 3.8) is 0 Å². The van der Waals surface area contributed by atoms with Gasteiger partial charge in [0, 0.05) is 32.1 Å². The van der Waals surface area contributed by atoms with E-state index in [0.29, 0.717) is 5.92 Å². The number of nitrogens with zero attached hydrogens (tertiary/aromatic N) is 3. The molecule has 4 heteroatoms. The maximum Gasteiger partial charge on any atom is 0.134 e. The lowest BCUT2D eigenvalue weighted by atomic mass is 10.2. The molecule has 1 heterocycles. The molecular weight excluding hydrogens is 236 g/mol. The summed E-state index contributed by atoms with van der Waals surface area (Å²) in [5.74, 6) is 3.56. The Bertz CT molecular complexity index is 352. The van der Waals surface area contributed by atoms with E-state index in [2.05, 4.69) is 55.9 Å². The number of hydrogen-bond donors (Lipinski definition) is 1. The van der Waals surface area contributed by atoms with Crippen LogP contribution in [0.25, 0.3) is 0 Å². The van der Waals surface area contributed by atoms with Crippen LogP contribution >= 0.6 is 0 Å². The maximum absolute atomic E-state index is 4.70. The first-order valence-corrected chi connectivity index (χ1v) is 7.47. The summed E-state index contributed by atoms with van der Waals surface area (Å²) in [6.45, 7) is 13.8. The van der Waals surface area contributed by atoms with Gasteiger partial charge in [-0.25, -0.2) is 9.97 Å². The summed E-state index contributed by atoms with van der Waals surface area (Å²) in [5.41, 5.74) is 0. The van der Waals surface area contributed by atoms with Gasteiger partial charge in [-0.15, -0.1) is 0 Å². The molecule has 1 aromatic rings. The van der Waals surface area contributed by atoms with Gasteiger partial charge in [-0.2, -0.15) is 0 Å². The minimum Gasteiger partial charge on any atom is -0.370 e. The normalized spacial score (nSPS) is 10.8. The highest BCUT2D eigenvalue weighted by molar-refractivity contribution is 5.49. The lowest BCUT2D eigenvalue weighted by molar-refractivity contribution is 0.612. The summed E-state index contributed by atoms with van der Waals surface area (Å²) in [4.78, 5) is 11.6. The fourth-order valence-corrected chi connectivity index (χ4v) is 2.08. The first kappa shape index (κ1) is 15.7. The van der Waals surface area contributed by atoms with Crippen LogP contribution < -0.4 is 10.2 Å². The molecule has 0 aliphatic carbocycles. The smallest absolute Gasteiger partial charge is 0.134 e. The van der Waals surface area contributed by atoms with Crippen molar-refractivity contribution >= 4 is 11.6 Å². The lowest BCUT2D eigenvalue weighted by Gasteiger charge is -2.24. The molecule has 108 valence electrons. The van der Waals surface area contributed by atoms with E-state index in [9.17, 15) is 0 Å². The van der Waals surface area contributed by atoms with Crippen molar-refractivity contribution in [2.45, 2.75) is 47.5 Å². The highest BCUT2D eigenvalue weighted by Gasteiger charge is 2.11. The molecule has 0 bridgehead atoms. The van der Waals surface area contributed by atoms with Gasteiger partial charge >= 0.3 is 0 Å². The molecule has 0 saturated heterocycles. The van der Waals surface area contributed by atoms with Gasteiger partial charge in [-0.3, -0.25) is 0 Å². The standard InChI is InChI=1S/C15H28N4/c1-6-9-13-17-14(16-7-2)10-15(18-13)19(8-3)11-12(4)5/h10,12H,6-9,11H2,1-5H3,(H,16,17,18). The molecule has 0 radical (unpaired) electrons. The topological polar surface area (TPSA) is 41.1 Å². The fraction of sp³-hybridized carbons (Fsp3) is 0.733. The predicted octanol–water partition coefficient (Wildman–Crippen LogP) is 3.34. The quantitative estimate of drug-likeness (QED) is 0.782. The van der Waals surface area contributed by atoms with Crippen LogP contribution in [0, 0.1) is 5.92 Å². The first-order chi connectivity index (χ1) is 9.10. The average molecular weight is 264 g/mol.